The van der Waals surface area contributed by atoms with Crippen molar-refractivity contribution in [3.8, 4) is 0 Å². The summed E-state index contributed by atoms with van der Waals surface area (Å²) in [5, 5.41) is 5.54. The molecule has 2 aromatic carbocycles. The quantitative estimate of drug-likeness (QED) is 0.671. The van der Waals surface area contributed by atoms with E-state index in [9.17, 15) is 9.59 Å². The largest absolute Gasteiger partial charge is 0.374 e. The maximum Gasteiger partial charge on any atom is 0.252 e. The summed E-state index contributed by atoms with van der Waals surface area (Å²) in [7, 11) is 2.11. The van der Waals surface area contributed by atoms with Gasteiger partial charge in [-0.1, -0.05) is 24.3 Å². The second kappa shape index (κ2) is 8.53. The predicted molar refractivity (Wildman–Crippen MR) is 111 cm³/mol. The second-order valence-electron chi connectivity index (χ2n) is 6.43. The van der Waals surface area contributed by atoms with E-state index in [4.69, 9.17) is 0 Å². The molecule has 0 unspecified atom stereocenters. The van der Waals surface area contributed by atoms with Crippen LogP contribution in [0.25, 0.3) is 0 Å². The zero-order chi connectivity index (χ0) is 18.5. The number of rotatable bonds is 5. The van der Waals surface area contributed by atoms with Gasteiger partial charge in [0.05, 0.1) is 12.1 Å². The van der Waals surface area contributed by atoms with Gasteiger partial charge in [-0.15, -0.1) is 0 Å². The van der Waals surface area contributed by atoms with Crippen LogP contribution in [-0.2, 0) is 17.8 Å². The first-order valence-corrected chi connectivity index (χ1v) is 9.75. The minimum absolute atomic E-state index is 0.0303. The fraction of sp³-hybridized carbons (Fsp3) is 0.300. The fourth-order valence-electron chi connectivity index (χ4n) is 3.11. The maximum absolute atomic E-state index is 12.1. The summed E-state index contributed by atoms with van der Waals surface area (Å²) in [6.07, 6.45) is 2.23. The van der Waals surface area contributed by atoms with E-state index in [1.54, 1.807) is 6.07 Å². The van der Waals surface area contributed by atoms with Crippen molar-refractivity contribution in [1.82, 2.24) is 10.6 Å². The van der Waals surface area contributed by atoms with Gasteiger partial charge >= 0.3 is 0 Å². The lowest BCUT2D eigenvalue weighted by Crippen LogP contribution is -2.36. The second-order valence-corrected chi connectivity index (χ2v) is 7.59. The molecule has 0 spiro atoms. The summed E-state index contributed by atoms with van der Waals surface area (Å²) in [6.45, 7) is 1.52. The third-order valence-corrected chi connectivity index (χ3v) is 5.45. The van der Waals surface area contributed by atoms with Crippen LogP contribution in [-0.4, -0.2) is 32.0 Å². The van der Waals surface area contributed by atoms with Crippen LogP contribution < -0.4 is 15.5 Å². The number of hydrogen-bond acceptors (Lipinski definition) is 3. The van der Waals surface area contributed by atoms with E-state index >= 15 is 0 Å². The van der Waals surface area contributed by atoms with E-state index in [1.807, 2.05) is 24.3 Å². The van der Waals surface area contributed by atoms with E-state index in [-0.39, 0.29) is 18.4 Å². The van der Waals surface area contributed by atoms with Crippen LogP contribution in [0.3, 0.4) is 0 Å². The SMILES string of the molecule is CN1CCCc2cc(CNC(=O)CNC(=O)c3ccccc3I)ccc21. The molecule has 1 aliphatic heterocycles. The standard InChI is InChI=1S/C20H22IN3O2/c1-24-10-4-5-15-11-14(8-9-18(15)24)12-22-19(25)13-23-20(26)16-6-2-3-7-17(16)21/h2-3,6-9,11H,4-5,10,12-13H2,1H3,(H,22,25)(H,23,26). The summed E-state index contributed by atoms with van der Waals surface area (Å²) in [5.74, 6) is -0.430. The van der Waals surface area contributed by atoms with Gasteiger partial charge in [0.2, 0.25) is 5.91 Å². The molecular weight excluding hydrogens is 441 g/mol. The molecule has 136 valence electrons. The number of halogens is 1. The molecule has 0 saturated heterocycles. The maximum atomic E-state index is 12.1. The zero-order valence-electron chi connectivity index (χ0n) is 14.7. The Hall–Kier alpha value is -2.09. The normalized spacial score (nSPS) is 13.1. The molecule has 0 aromatic heterocycles. The Morgan fingerprint density at radius 2 is 1.96 bits per heavy atom. The number of carbonyl (C=O) groups excluding carboxylic acids is 2. The summed E-state index contributed by atoms with van der Waals surface area (Å²) in [4.78, 5) is 26.4. The van der Waals surface area contributed by atoms with Crippen molar-refractivity contribution in [3.05, 3.63) is 62.7 Å². The van der Waals surface area contributed by atoms with Gasteiger partial charge in [-0.25, -0.2) is 0 Å². The van der Waals surface area contributed by atoms with E-state index in [0.717, 1.165) is 28.5 Å². The highest BCUT2D eigenvalue weighted by Crippen LogP contribution is 2.26. The van der Waals surface area contributed by atoms with E-state index < -0.39 is 0 Å². The average Bonchev–Trinajstić information content (AvgIpc) is 2.65. The van der Waals surface area contributed by atoms with Gasteiger partial charge in [0.25, 0.3) is 5.91 Å². The Labute approximate surface area is 167 Å². The van der Waals surface area contributed by atoms with E-state index in [0.29, 0.717) is 12.1 Å². The zero-order valence-corrected chi connectivity index (χ0v) is 16.9. The van der Waals surface area contributed by atoms with Crippen LogP contribution in [0.2, 0.25) is 0 Å². The lowest BCUT2D eigenvalue weighted by molar-refractivity contribution is -0.120. The molecule has 2 aromatic rings. The van der Waals surface area contributed by atoms with Gasteiger partial charge in [-0.2, -0.15) is 0 Å². The first-order valence-electron chi connectivity index (χ1n) is 8.67. The molecule has 1 heterocycles. The van der Waals surface area contributed by atoms with Gasteiger partial charge in [-0.3, -0.25) is 9.59 Å². The summed E-state index contributed by atoms with van der Waals surface area (Å²) in [5.41, 5.74) is 4.27. The predicted octanol–water partition coefficient (Wildman–Crippen LogP) is 2.72. The molecular formula is C20H22IN3O2. The van der Waals surface area contributed by atoms with Gasteiger partial charge in [0.15, 0.2) is 0 Å². The molecule has 1 aliphatic rings. The molecule has 5 nitrogen and oxygen atoms in total. The number of carbonyl (C=O) groups is 2. The number of fused-ring (bicyclic) bond motifs is 1. The molecule has 3 rings (SSSR count). The molecule has 2 amide bonds. The van der Waals surface area contributed by atoms with Crippen molar-refractivity contribution < 1.29 is 9.59 Å². The van der Waals surface area contributed by atoms with Crippen molar-refractivity contribution in [1.29, 1.82) is 0 Å². The Morgan fingerprint density at radius 1 is 1.15 bits per heavy atom. The Morgan fingerprint density at radius 3 is 2.77 bits per heavy atom. The first-order chi connectivity index (χ1) is 12.5. The lowest BCUT2D eigenvalue weighted by atomic mass is 9.99. The topological polar surface area (TPSA) is 61.4 Å². The van der Waals surface area contributed by atoms with E-state index in [1.165, 1.54) is 11.3 Å². The Bertz CT molecular complexity index is 822. The molecule has 0 bridgehead atoms. The molecule has 0 fully saturated rings. The van der Waals surface area contributed by atoms with Crippen molar-refractivity contribution >= 4 is 40.1 Å². The van der Waals surface area contributed by atoms with Crippen molar-refractivity contribution in [2.45, 2.75) is 19.4 Å². The highest BCUT2D eigenvalue weighted by atomic mass is 127. The number of aryl methyl sites for hydroxylation is 1. The number of hydrogen-bond donors (Lipinski definition) is 2. The van der Waals surface area contributed by atoms with E-state index in [2.05, 4.69) is 57.3 Å². The minimum Gasteiger partial charge on any atom is -0.374 e. The van der Waals surface area contributed by atoms with Crippen LogP contribution in [0.15, 0.2) is 42.5 Å². The van der Waals surface area contributed by atoms with Gasteiger partial charge in [0.1, 0.15) is 0 Å². The number of amides is 2. The third-order valence-electron chi connectivity index (χ3n) is 4.51. The van der Waals surface area contributed by atoms with Crippen LogP contribution in [0.5, 0.6) is 0 Å². The number of benzene rings is 2. The summed E-state index contributed by atoms with van der Waals surface area (Å²) in [6, 6.07) is 13.6. The van der Waals surface area contributed by atoms with Crippen molar-refractivity contribution in [3.63, 3.8) is 0 Å². The van der Waals surface area contributed by atoms with Gasteiger partial charge in [0, 0.05) is 29.4 Å². The molecule has 0 radical (unpaired) electrons. The smallest absolute Gasteiger partial charge is 0.252 e. The highest BCUT2D eigenvalue weighted by Gasteiger charge is 2.14. The summed E-state index contributed by atoms with van der Waals surface area (Å²) >= 11 is 2.11. The molecule has 0 aliphatic carbocycles. The van der Waals surface area contributed by atoms with Crippen molar-refractivity contribution in [2.24, 2.45) is 0 Å². The number of nitrogens with zero attached hydrogens (tertiary/aromatic N) is 1. The minimum atomic E-state index is -0.234. The van der Waals surface area contributed by atoms with Gasteiger partial charge < -0.3 is 15.5 Å². The monoisotopic (exact) mass is 463 g/mol. The molecule has 0 saturated carbocycles. The summed E-state index contributed by atoms with van der Waals surface area (Å²) < 4.78 is 0.863. The molecule has 2 N–H and O–H groups in total. The number of anilines is 1. The Balaban J connectivity index is 1.50. The molecule has 6 heteroatoms. The number of nitrogens with one attached hydrogen (secondary N) is 2. The van der Waals surface area contributed by atoms with Crippen LogP contribution in [0, 0.1) is 3.57 Å². The van der Waals surface area contributed by atoms with Crippen molar-refractivity contribution in [2.75, 3.05) is 25.0 Å². The third kappa shape index (κ3) is 4.55. The lowest BCUT2D eigenvalue weighted by Gasteiger charge is -2.27. The fourth-order valence-corrected chi connectivity index (χ4v) is 3.75. The van der Waals surface area contributed by atoms with Crippen LogP contribution in [0.1, 0.15) is 27.9 Å². The molecule has 0 atom stereocenters. The van der Waals surface area contributed by atoms with Gasteiger partial charge in [-0.05, 0) is 64.8 Å². The van der Waals surface area contributed by atoms with Crippen LogP contribution >= 0.6 is 22.6 Å². The first kappa shape index (κ1) is 18.7. The van der Waals surface area contributed by atoms with Crippen LogP contribution in [0.4, 0.5) is 5.69 Å². The molecule has 26 heavy (non-hydrogen) atoms. The average molecular weight is 463 g/mol. The Kier molecular flexibility index (Phi) is 6.13. The highest BCUT2D eigenvalue weighted by molar-refractivity contribution is 14.1.